The standard InChI is InChI=1S/C15H10ClF2N3/c16-11-3-1-2-4-14(11)21-8-13(19)15(20-21)10-6-5-9(17)7-12(10)18/h1-8H,19H2. The van der Waals surface area contributed by atoms with Crippen molar-refractivity contribution in [3.63, 3.8) is 0 Å². The lowest BCUT2D eigenvalue weighted by atomic mass is 10.1. The molecule has 21 heavy (non-hydrogen) atoms. The van der Waals surface area contributed by atoms with Gasteiger partial charge in [-0.2, -0.15) is 5.10 Å². The van der Waals surface area contributed by atoms with E-state index in [1.165, 1.54) is 10.7 Å². The highest BCUT2D eigenvalue weighted by molar-refractivity contribution is 6.32. The lowest BCUT2D eigenvalue weighted by Gasteiger charge is -2.03. The van der Waals surface area contributed by atoms with Gasteiger partial charge in [0, 0.05) is 11.6 Å². The summed E-state index contributed by atoms with van der Waals surface area (Å²) >= 11 is 6.09. The van der Waals surface area contributed by atoms with Crippen LogP contribution in [0.15, 0.2) is 48.7 Å². The smallest absolute Gasteiger partial charge is 0.135 e. The molecule has 0 aliphatic heterocycles. The highest BCUT2D eigenvalue weighted by atomic mass is 35.5. The average molecular weight is 306 g/mol. The van der Waals surface area contributed by atoms with Crippen LogP contribution in [0.5, 0.6) is 0 Å². The molecule has 3 rings (SSSR count). The molecule has 2 N–H and O–H groups in total. The van der Waals surface area contributed by atoms with Gasteiger partial charge in [-0.25, -0.2) is 13.5 Å². The van der Waals surface area contributed by atoms with E-state index in [4.69, 9.17) is 17.3 Å². The fourth-order valence-corrected chi connectivity index (χ4v) is 2.26. The zero-order valence-corrected chi connectivity index (χ0v) is 11.5. The van der Waals surface area contributed by atoms with Crippen LogP contribution in [0.4, 0.5) is 14.5 Å². The van der Waals surface area contributed by atoms with Crippen LogP contribution in [-0.4, -0.2) is 9.78 Å². The Morgan fingerprint density at radius 3 is 2.57 bits per heavy atom. The molecular weight excluding hydrogens is 296 g/mol. The molecule has 1 heterocycles. The van der Waals surface area contributed by atoms with Gasteiger partial charge >= 0.3 is 0 Å². The van der Waals surface area contributed by atoms with Crippen molar-refractivity contribution in [2.45, 2.75) is 0 Å². The minimum absolute atomic E-state index is 0.139. The summed E-state index contributed by atoms with van der Waals surface area (Å²) in [6, 6.07) is 10.3. The lowest BCUT2D eigenvalue weighted by molar-refractivity contribution is 0.585. The molecule has 0 aliphatic carbocycles. The number of nitrogens with zero attached hydrogens (tertiary/aromatic N) is 2. The van der Waals surface area contributed by atoms with E-state index in [9.17, 15) is 8.78 Å². The second-order valence-corrected chi connectivity index (χ2v) is 4.86. The highest BCUT2D eigenvalue weighted by Gasteiger charge is 2.15. The zero-order chi connectivity index (χ0) is 15.0. The first-order valence-electron chi connectivity index (χ1n) is 6.12. The topological polar surface area (TPSA) is 43.8 Å². The fourth-order valence-electron chi connectivity index (χ4n) is 2.04. The molecule has 0 unspecified atom stereocenters. The number of para-hydroxylation sites is 1. The maximum absolute atomic E-state index is 13.8. The first-order chi connectivity index (χ1) is 10.1. The second kappa shape index (κ2) is 5.18. The third-order valence-corrected chi connectivity index (χ3v) is 3.35. The fraction of sp³-hybridized carbons (Fsp3) is 0. The van der Waals surface area contributed by atoms with Gasteiger partial charge in [-0.3, -0.25) is 0 Å². The Hall–Kier alpha value is -2.40. The molecule has 0 fully saturated rings. The minimum Gasteiger partial charge on any atom is -0.396 e. The molecule has 0 spiro atoms. The molecule has 3 nitrogen and oxygen atoms in total. The van der Waals surface area contributed by atoms with Gasteiger partial charge in [-0.05, 0) is 24.3 Å². The number of nitrogens with two attached hydrogens (primary N) is 1. The van der Waals surface area contributed by atoms with E-state index in [1.54, 1.807) is 30.5 Å². The van der Waals surface area contributed by atoms with Crippen molar-refractivity contribution in [1.82, 2.24) is 9.78 Å². The van der Waals surface area contributed by atoms with Crippen molar-refractivity contribution in [3.8, 4) is 16.9 Å². The van der Waals surface area contributed by atoms with Gasteiger partial charge in [0.2, 0.25) is 0 Å². The third-order valence-electron chi connectivity index (χ3n) is 3.03. The summed E-state index contributed by atoms with van der Waals surface area (Å²) < 4.78 is 28.3. The SMILES string of the molecule is Nc1cn(-c2ccccc2Cl)nc1-c1ccc(F)cc1F. The summed E-state index contributed by atoms with van der Waals surface area (Å²) in [5.74, 6) is -1.37. The van der Waals surface area contributed by atoms with E-state index < -0.39 is 11.6 Å². The maximum Gasteiger partial charge on any atom is 0.135 e. The van der Waals surface area contributed by atoms with Gasteiger partial charge in [-0.15, -0.1) is 0 Å². The Bertz CT molecular complexity index is 814. The number of anilines is 1. The van der Waals surface area contributed by atoms with E-state index >= 15 is 0 Å². The van der Waals surface area contributed by atoms with Crippen LogP contribution in [0, 0.1) is 11.6 Å². The van der Waals surface area contributed by atoms with Gasteiger partial charge in [0.05, 0.1) is 22.6 Å². The number of hydrogen-bond acceptors (Lipinski definition) is 2. The van der Waals surface area contributed by atoms with Gasteiger partial charge in [0.15, 0.2) is 0 Å². The quantitative estimate of drug-likeness (QED) is 0.776. The molecule has 0 atom stereocenters. The monoisotopic (exact) mass is 305 g/mol. The Morgan fingerprint density at radius 2 is 1.86 bits per heavy atom. The van der Waals surface area contributed by atoms with Crippen LogP contribution in [0.2, 0.25) is 5.02 Å². The van der Waals surface area contributed by atoms with E-state index in [-0.39, 0.29) is 16.9 Å². The van der Waals surface area contributed by atoms with Crippen LogP contribution in [0.1, 0.15) is 0 Å². The number of rotatable bonds is 2. The number of halogens is 3. The summed E-state index contributed by atoms with van der Waals surface area (Å²) in [6.07, 6.45) is 1.54. The third kappa shape index (κ3) is 2.48. The molecule has 0 aliphatic rings. The molecule has 0 amide bonds. The summed E-state index contributed by atoms with van der Waals surface area (Å²) in [5.41, 5.74) is 7.17. The molecule has 0 radical (unpaired) electrons. The van der Waals surface area contributed by atoms with Crippen molar-refractivity contribution in [2.24, 2.45) is 0 Å². The van der Waals surface area contributed by atoms with Gasteiger partial charge < -0.3 is 5.73 Å². The Balaban J connectivity index is 2.12. The van der Waals surface area contributed by atoms with E-state index in [2.05, 4.69) is 5.10 Å². The summed E-state index contributed by atoms with van der Waals surface area (Å²) in [7, 11) is 0. The minimum atomic E-state index is -0.717. The van der Waals surface area contributed by atoms with Crippen molar-refractivity contribution < 1.29 is 8.78 Å². The molecule has 3 aromatic rings. The summed E-state index contributed by atoms with van der Waals surface area (Å²) in [5, 5.41) is 4.74. The number of nitrogen functional groups attached to an aromatic ring is 1. The predicted octanol–water partition coefficient (Wildman–Crippen LogP) is 4.05. The summed E-state index contributed by atoms with van der Waals surface area (Å²) in [4.78, 5) is 0. The lowest BCUT2D eigenvalue weighted by Crippen LogP contribution is -1.96. The molecular formula is C15H10ClF2N3. The Kier molecular flexibility index (Phi) is 3.35. The van der Waals surface area contributed by atoms with Gasteiger partial charge in [0.1, 0.15) is 17.3 Å². The molecule has 106 valence electrons. The first kappa shape index (κ1) is 13.6. The van der Waals surface area contributed by atoms with E-state index in [1.807, 2.05) is 0 Å². The van der Waals surface area contributed by atoms with E-state index in [0.717, 1.165) is 12.1 Å². The van der Waals surface area contributed by atoms with E-state index in [0.29, 0.717) is 10.7 Å². The van der Waals surface area contributed by atoms with Crippen LogP contribution < -0.4 is 5.73 Å². The zero-order valence-electron chi connectivity index (χ0n) is 10.7. The Morgan fingerprint density at radius 1 is 1.10 bits per heavy atom. The molecule has 2 aromatic carbocycles. The number of hydrogen-bond donors (Lipinski definition) is 1. The number of aromatic nitrogens is 2. The molecule has 0 bridgehead atoms. The molecule has 1 aromatic heterocycles. The van der Waals surface area contributed by atoms with Crippen LogP contribution >= 0.6 is 11.6 Å². The predicted molar refractivity (Wildman–Crippen MR) is 78.3 cm³/mol. The van der Waals surface area contributed by atoms with Gasteiger partial charge in [-0.1, -0.05) is 23.7 Å². The largest absolute Gasteiger partial charge is 0.396 e. The molecule has 0 saturated heterocycles. The Labute approximate surface area is 124 Å². The van der Waals surface area contributed by atoms with Crippen molar-refractivity contribution in [2.75, 3.05) is 5.73 Å². The number of benzene rings is 2. The normalized spacial score (nSPS) is 10.8. The molecule has 6 heteroatoms. The second-order valence-electron chi connectivity index (χ2n) is 4.45. The average Bonchev–Trinajstić information content (AvgIpc) is 2.81. The first-order valence-corrected chi connectivity index (χ1v) is 6.49. The van der Waals surface area contributed by atoms with Crippen molar-refractivity contribution in [3.05, 3.63) is 65.3 Å². The van der Waals surface area contributed by atoms with Crippen molar-refractivity contribution in [1.29, 1.82) is 0 Å². The maximum atomic E-state index is 13.8. The van der Waals surface area contributed by atoms with Crippen LogP contribution in [0.25, 0.3) is 16.9 Å². The molecule has 0 saturated carbocycles. The van der Waals surface area contributed by atoms with Crippen molar-refractivity contribution >= 4 is 17.3 Å². The van der Waals surface area contributed by atoms with Crippen LogP contribution in [-0.2, 0) is 0 Å². The summed E-state index contributed by atoms with van der Waals surface area (Å²) in [6.45, 7) is 0. The van der Waals surface area contributed by atoms with Gasteiger partial charge in [0.25, 0.3) is 0 Å². The highest BCUT2D eigenvalue weighted by Crippen LogP contribution is 2.29. The van der Waals surface area contributed by atoms with Crippen LogP contribution in [0.3, 0.4) is 0 Å².